The molecule has 2 aromatic rings. The molecule has 0 aliphatic carbocycles. The largest absolute Gasteiger partial charge is 0.489 e. The molecular formula is C20H25N3O2S. The second-order valence-electron chi connectivity index (χ2n) is 6.41. The van der Waals surface area contributed by atoms with E-state index in [2.05, 4.69) is 27.3 Å². The summed E-state index contributed by atoms with van der Waals surface area (Å²) in [4.78, 5) is 18.5. The maximum atomic E-state index is 12.1. The Kier molecular flexibility index (Phi) is 6.91. The molecule has 0 spiro atoms. The van der Waals surface area contributed by atoms with Crippen LogP contribution in [0.25, 0.3) is 0 Å². The van der Waals surface area contributed by atoms with E-state index < -0.39 is 0 Å². The molecule has 1 N–H and O–H groups in total. The normalized spacial score (nSPS) is 16.0. The fourth-order valence-corrected chi connectivity index (χ4v) is 3.83. The number of carbonyl (C=O) groups is 1. The molecular weight excluding hydrogens is 346 g/mol. The van der Waals surface area contributed by atoms with Gasteiger partial charge in [-0.2, -0.15) is 11.8 Å². The summed E-state index contributed by atoms with van der Waals surface area (Å²) in [5.74, 6) is 3.16. The summed E-state index contributed by atoms with van der Waals surface area (Å²) < 4.78 is 5.98. The van der Waals surface area contributed by atoms with Crippen LogP contribution < -0.4 is 10.1 Å². The third-order valence-corrected chi connectivity index (χ3v) is 5.18. The number of aromatic nitrogens is 1. The van der Waals surface area contributed by atoms with Gasteiger partial charge in [-0.1, -0.05) is 12.1 Å². The molecule has 1 atom stereocenters. The minimum atomic E-state index is -0.112. The van der Waals surface area contributed by atoms with Crippen LogP contribution in [0.5, 0.6) is 5.75 Å². The van der Waals surface area contributed by atoms with Gasteiger partial charge in [0.2, 0.25) is 0 Å². The molecule has 1 aromatic carbocycles. The summed E-state index contributed by atoms with van der Waals surface area (Å²) in [5.41, 5.74) is 1.87. The molecule has 3 rings (SSSR count). The summed E-state index contributed by atoms with van der Waals surface area (Å²) in [6.45, 7) is 5.67. The van der Waals surface area contributed by atoms with Gasteiger partial charge in [-0.3, -0.25) is 14.7 Å². The molecule has 0 saturated carbocycles. The lowest BCUT2D eigenvalue weighted by molar-refractivity contribution is 0.0932. The first-order chi connectivity index (χ1) is 12.7. The van der Waals surface area contributed by atoms with Crippen LogP contribution in [-0.2, 0) is 6.54 Å². The Bertz CT molecular complexity index is 705. The van der Waals surface area contributed by atoms with Gasteiger partial charge in [0.1, 0.15) is 11.9 Å². The number of pyridine rings is 1. The maximum Gasteiger partial charge on any atom is 0.251 e. The van der Waals surface area contributed by atoms with Crippen molar-refractivity contribution in [2.75, 3.05) is 31.1 Å². The van der Waals surface area contributed by atoms with Crippen molar-refractivity contribution in [3.63, 3.8) is 0 Å². The van der Waals surface area contributed by atoms with Gasteiger partial charge in [0.05, 0.1) is 6.54 Å². The average Bonchev–Trinajstić information content (AvgIpc) is 2.68. The lowest BCUT2D eigenvalue weighted by atomic mass is 10.2. The van der Waals surface area contributed by atoms with Crippen LogP contribution >= 0.6 is 11.8 Å². The van der Waals surface area contributed by atoms with E-state index in [-0.39, 0.29) is 12.0 Å². The van der Waals surface area contributed by atoms with Gasteiger partial charge in [-0.15, -0.1) is 0 Å². The van der Waals surface area contributed by atoms with Gasteiger partial charge < -0.3 is 10.1 Å². The van der Waals surface area contributed by atoms with E-state index >= 15 is 0 Å². The van der Waals surface area contributed by atoms with Crippen molar-refractivity contribution in [1.29, 1.82) is 0 Å². The highest BCUT2D eigenvalue weighted by atomic mass is 32.2. The van der Waals surface area contributed by atoms with Gasteiger partial charge in [-0.05, 0) is 36.8 Å². The molecule has 1 fully saturated rings. The number of amides is 1. The average molecular weight is 372 g/mol. The summed E-state index contributed by atoms with van der Waals surface area (Å²) in [5, 5.41) is 2.90. The fraction of sp³-hybridized carbons (Fsp3) is 0.400. The van der Waals surface area contributed by atoms with E-state index in [1.807, 2.05) is 30.8 Å². The zero-order chi connectivity index (χ0) is 18.2. The predicted molar refractivity (Wildman–Crippen MR) is 106 cm³/mol. The molecule has 0 bridgehead atoms. The number of hydrogen-bond acceptors (Lipinski definition) is 5. The van der Waals surface area contributed by atoms with E-state index in [0.717, 1.165) is 25.4 Å². The number of ether oxygens (including phenoxy) is 1. The van der Waals surface area contributed by atoms with Crippen molar-refractivity contribution in [2.24, 2.45) is 0 Å². The standard InChI is InChI=1S/C20H25N3O2S/c1-16(14-22-20(24)18-5-7-21-8-6-18)25-19-4-2-3-17(13-19)15-23-9-11-26-12-10-23/h2-8,13,16H,9-12,14-15H2,1H3,(H,22,24). The van der Waals surface area contributed by atoms with E-state index in [1.54, 1.807) is 24.5 Å². The van der Waals surface area contributed by atoms with Crippen LogP contribution in [0.15, 0.2) is 48.8 Å². The van der Waals surface area contributed by atoms with E-state index in [4.69, 9.17) is 4.74 Å². The van der Waals surface area contributed by atoms with E-state index in [1.165, 1.54) is 17.1 Å². The number of thioether (sulfide) groups is 1. The predicted octanol–water partition coefficient (Wildman–Crippen LogP) is 2.83. The van der Waals surface area contributed by atoms with Crippen molar-refractivity contribution >= 4 is 17.7 Å². The minimum absolute atomic E-state index is 0.109. The Balaban J connectivity index is 1.48. The first-order valence-corrected chi connectivity index (χ1v) is 10.1. The van der Waals surface area contributed by atoms with Gasteiger partial charge in [0.25, 0.3) is 5.91 Å². The number of benzene rings is 1. The van der Waals surface area contributed by atoms with Crippen LogP contribution in [-0.4, -0.2) is 53.0 Å². The molecule has 138 valence electrons. The van der Waals surface area contributed by atoms with Crippen molar-refractivity contribution in [2.45, 2.75) is 19.6 Å². The molecule has 1 amide bonds. The Hall–Kier alpha value is -2.05. The maximum absolute atomic E-state index is 12.1. The highest BCUT2D eigenvalue weighted by molar-refractivity contribution is 7.99. The molecule has 1 aliphatic rings. The lowest BCUT2D eigenvalue weighted by Crippen LogP contribution is -2.33. The van der Waals surface area contributed by atoms with Gasteiger partial charge in [0, 0.05) is 49.1 Å². The Morgan fingerprint density at radius 2 is 2.04 bits per heavy atom. The van der Waals surface area contributed by atoms with E-state index in [9.17, 15) is 4.79 Å². The van der Waals surface area contributed by atoms with Gasteiger partial charge >= 0.3 is 0 Å². The Morgan fingerprint density at radius 1 is 1.27 bits per heavy atom. The minimum Gasteiger partial charge on any atom is -0.489 e. The SMILES string of the molecule is CC(CNC(=O)c1ccncc1)Oc1cccc(CN2CCSCC2)c1. The van der Waals surface area contributed by atoms with Gasteiger partial charge in [0.15, 0.2) is 0 Å². The van der Waals surface area contributed by atoms with Crippen molar-refractivity contribution in [3.8, 4) is 5.75 Å². The van der Waals surface area contributed by atoms with Crippen molar-refractivity contribution in [1.82, 2.24) is 15.2 Å². The quantitative estimate of drug-likeness (QED) is 0.811. The summed E-state index contributed by atoms with van der Waals surface area (Å²) in [7, 11) is 0. The molecule has 5 nitrogen and oxygen atoms in total. The molecule has 0 radical (unpaired) electrons. The highest BCUT2D eigenvalue weighted by Gasteiger charge is 2.12. The van der Waals surface area contributed by atoms with E-state index in [0.29, 0.717) is 12.1 Å². The number of nitrogens with one attached hydrogen (secondary N) is 1. The second kappa shape index (κ2) is 9.59. The Labute approximate surface area is 159 Å². The lowest BCUT2D eigenvalue weighted by Gasteiger charge is -2.26. The zero-order valence-corrected chi connectivity index (χ0v) is 15.9. The highest BCUT2D eigenvalue weighted by Crippen LogP contribution is 2.18. The third-order valence-electron chi connectivity index (χ3n) is 4.24. The fourth-order valence-electron chi connectivity index (χ4n) is 2.85. The monoisotopic (exact) mass is 371 g/mol. The molecule has 1 unspecified atom stereocenters. The molecule has 26 heavy (non-hydrogen) atoms. The molecule has 2 heterocycles. The molecule has 1 aliphatic heterocycles. The number of hydrogen-bond donors (Lipinski definition) is 1. The van der Waals surface area contributed by atoms with Crippen LogP contribution in [0.4, 0.5) is 0 Å². The zero-order valence-electron chi connectivity index (χ0n) is 15.1. The van der Waals surface area contributed by atoms with Crippen molar-refractivity contribution in [3.05, 3.63) is 59.9 Å². The van der Waals surface area contributed by atoms with Crippen LogP contribution in [0, 0.1) is 0 Å². The number of carbonyl (C=O) groups excluding carboxylic acids is 1. The topological polar surface area (TPSA) is 54.5 Å². The summed E-state index contributed by atoms with van der Waals surface area (Å²) >= 11 is 2.02. The molecule has 1 aromatic heterocycles. The second-order valence-corrected chi connectivity index (χ2v) is 7.64. The number of nitrogens with zero attached hydrogens (tertiary/aromatic N) is 2. The molecule has 6 heteroatoms. The molecule has 1 saturated heterocycles. The smallest absolute Gasteiger partial charge is 0.251 e. The third kappa shape index (κ3) is 5.75. The van der Waals surface area contributed by atoms with Gasteiger partial charge in [-0.25, -0.2) is 0 Å². The Morgan fingerprint density at radius 3 is 2.81 bits per heavy atom. The van der Waals surface area contributed by atoms with Crippen LogP contribution in [0.1, 0.15) is 22.8 Å². The first-order valence-electron chi connectivity index (χ1n) is 8.94. The van der Waals surface area contributed by atoms with Crippen LogP contribution in [0.3, 0.4) is 0 Å². The van der Waals surface area contributed by atoms with Crippen LogP contribution in [0.2, 0.25) is 0 Å². The summed E-state index contributed by atoms with van der Waals surface area (Å²) in [6.07, 6.45) is 3.12. The summed E-state index contributed by atoms with van der Waals surface area (Å²) in [6, 6.07) is 11.6. The first kappa shape index (κ1) is 18.7. The number of rotatable bonds is 7. The van der Waals surface area contributed by atoms with Crippen molar-refractivity contribution < 1.29 is 9.53 Å².